The molecule has 4 aromatic carbocycles. The standard InChI is InChI=1S/C29H24FNO3/c30-27-11-5-9-24(18-27)16-23-8-4-10-26(17-23)28(32)31(19-21-6-2-1-3-7-21)20-22-12-14-25(15-13-22)29(33)34/h1-15,17-18H,16,19-20H2,(H,33,34). The van der Waals surface area contributed by atoms with Crippen LogP contribution in [0, 0.1) is 5.82 Å². The number of carbonyl (C=O) groups excluding carboxylic acids is 1. The number of carboxylic acid groups (broad SMARTS) is 1. The maximum absolute atomic E-state index is 13.6. The predicted molar refractivity (Wildman–Crippen MR) is 129 cm³/mol. The molecule has 0 unspecified atom stereocenters. The van der Waals surface area contributed by atoms with Crippen molar-refractivity contribution in [1.29, 1.82) is 0 Å². The molecule has 0 atom stereocenters. The van der Waals surface area contributed by atoms with E-state index in [0.717, 1.165) is 22.3 Å². The van der Waals surface area contributed by atoms with Crippen LogP contribution in [0.4, 0.5) is 4.39 Å². The van der Waals surface area contributed by atoms with Gasteiger partial charge in [-0.2, -0.15) is 0 Å². The summed E-state index contributed by atoms with van der Waals surface area (Å²) in [5, 5.41) is 9.15. The number of carboxylic acids is 1. The van der Waals surface area contributed by atoms with Crippen LogP contribution in [-0.4, -0.2) is 21.9 Å². The smallest absolute Gasteiger partial charge is 0.335 e. The first kappa shape index (κ1) is 22.9. The van der Waals surface area contributed by atoms with Gasteiger partial charge in [-0.15, -0.1) is 0 Å². The SMILES string of the molecule is O=C(O)c1ccc(CN(Cc2ccccc2)C(=O)c2cccc(Cc3cccc(F)c3)c2)cc1. The second-order valence-electron chi connectivity index (χ2n) is 8.16. The van der Waals surface area contributed by atoms with Crippen molar-refractivity contribution in [2.45, 2.75) is 19.5 Å². The fraction of sp³-hybridized carbons (Fsp3) is 0.103. The van der Waals surface area contributed by atoms with E-state index >= 15 is 0 Å². The lowest BCUT2D eigenvalue weighted by molar-refractivity contribution is 0.0693. The Kier molecular flexibility index (Phi) is 7.13. The van der Waals surface area contributed by atoms with Crippen molar-refractivity contribution in [2.75, 3.05) is 0 Å². The Labute approximate surface area is 197 Å². The summed E-state index contributed by atoms with van der Waals surface area (Å²) in [6.45, 7) is 0.746. The van der Waals surface area contributed by atoms with Gasteiger partial charge in [0, 0.05) is 18.7 Å². The normalized spacial score (nSPS) is 10.6. The Bertz CT molecular complexity index is 1290. The largest absolute Gasteiger partial charge is 0.478 e. The van der Waals surface area contributed by atoms with Crippen molar-refractivity contribution < 1.29 is 19.1 Å². The third kappa shape index (κ3) is 5.95. The Hall–Kier alpha value is -4.25. The number of nitrogens with zero attached hydrogens (tertiary/aromatic N) is 1. The molecule has 0 heterocycles. The van der Waals surface area contributed by atoms with Crippen LogP contribution in [0.15, 0.2) is 103 Å². The number of halogens is 1. The van der Waals surface area contributed by atoms with Crippen molar-refractivity contribution in [3.8, 4) is 0 Å². The molecule has 0 aliphatic rings. The van der Waals surface area contributed by atoms with E-state index in [0.29, 0.717) is 25.1 Å². The highest BCUT2D eigenvalue weighted by molar-refractivity contribution is 5.94. The molecule has 34 heavy (non-hydrogen) atoms. The van der Waals surface area contributed by atoms with E-state index in [9.17, 15) is 14.0 Å². The van der Waals surface area contributed by atoms with Crippen LogP contribution in [0.3, 0.4) is 0 Å². The Morgan fingerprint density at radius 1 is 0.647 bits per heavy atom. The van der Waals surface area contributed by atoms with Crippen LogP contribution in [0.2, 0.25) is 0 Å². The molecular formula is C29H24FNO3. The summed E-state index contributed by atoms with van der Waals surface area (Å²) in [6, 6.07) is 30.1. The number of carbonyl (C=O) groups is 2. The minimum atomic E-state index is -0.987. The summed E-state index contributed by atoms with van der Waals surface area (Å²) in [7, 11) is 0. The summed E-state index contributed by atoms with van der Waals surface area (Å²) in [6.07, 6.45) is 0.522. The lowest BCUT2D eigenvalue weighted by atomic mass is 10.0. The highest BCUT2D eigenvalue weighted by atomic mass is 19.1. The molecule has 1 amide bonds. The fourth-order valence-corrected chi connectivity index (χ4v) is 3.86. The highest BCUT2D eigenvalue weighted by Crippen LogP contribution is 2.18. The van der Waals surface area contributed by atoms with Crippen LogP contribution in [0.1, 0.15) is 43.0 Å². The molecule has 0 saturated carbocycles. The van der Waals surface area contributed by atoms with Crippen LogP contribution < -0.4 is 0 Å². The van der Waals surface area contributed by atoms with Gasteiger partial charge >= 0.3 is 5.97 Å². The minimum absolute atomic E-state index is 0.132. The second kappa shape index (κ2) is 10.6. The zero-order chi connectivity index (χ0) is 23.9. The summed E-state index contributed by atoms with van der Waals surface area (Å²) < 4.78 is 13.6. The number of rotatable bonds is 8. The quantitative estimate of drug-likeness (QED) is 0.358. The van der Waals surface area contributed by atoms with Gasteiger partial charge in [-0.05, 0) is 65.1 Å². The lowest BCUT2D eigenvalue weighted by Gasteiger charge is -2.23. The molecule has 170 valence electrons. The second-order valence-corrected chi connectivity index (χ2v) is 8.16. The number of benzene rings is 4. The molecule has 0 bridgehead atoms. The number of hydrogen-bond acceptors (Lipinski definition) is 2. The Morgan fingerprint density at radius 3 is 1.88 bits per heavy atom. The molecular weight excluding hydrogens is 429 g/mol. The van der Waals surface area contributed by atoms with E-state index in [-0.39, 0.29) is 17.3 Å². The molecule has 4 nitrogen and oxygen atoms in total. The lowest BCUT2D eigenvalue weighted by Crippen LogP contribution is -2.30. The first-order valence-electron chi connectivity index (χ1n) is 11.0. The van der Waals surface area contributed by atoms with E-state index in [4.69, 9.17) is 5.11 Å². The number of hydrogen-bond donors (Lipinski definition) is 1. The topological polar surface area (TPSA) is 57.6 Å². The van der Waals surface area contributed by atoms with Gasteiger partial charge in [0.15, 0.2) is 0 Å². The molecule has 0 aromatic heterocycles. The monoisotopic (exact) mass is 453 g/mol. The van der Waals surface area contributed by atoms with Gasteiger partial charge < -0.3 is 10.0 Å². The van der Waals surface area contributed by atoms with Gasteiger partial charge in [0.1, 0.15) is 5.82 Å². The summed E-state index contributed by atoms with van der Waals surface area (Å²) >= 11 is 0. The van der Waals surface area contributed by atoms with Gasteiger partial charge in [-0.1, -0.05) is 66.7 Å². The molecule has 0 spiro atoms. The highest BCUT2D eigenvalue weighted by Gasteiger charge is 2.18. The van der Waals surface area contributed by atoms with E-state index in [1.807, 2.05) is 54.6 Å². The van der Waals surface area contributed by atoms with Gasteiger partial charge in [0.2, 0.25) is 0 Å². The van der Waals surface area contributed by atoms with Crippen LogP contribution >= 0.6 is 0 Å². The molecule has 0 saturated heterocycles. The van der Waals surface area contributed by atoms with E-state index in [2.05, 4.69) is 0 Å². The minimum Gasteiger partial charge on any atom is -0.478 e. The van der Waals surface area contributed by atoms with Crippen LogP contribution in [0.25, 0.3) is 0 Å². The van der Waals surface area contributed by atoms with E-state index in [1.165, 1.54) is 12.1 Å². The zero-order valence-electron chi connectivity index (χ0n) is 18.5. The average Bonchev–Trinajstić information content (AvgIpc) is 2.84. The molecule has 4 rings (SSSR count). The van der Waals surface area contributed by atoms with Crippen molar-refractivity contribution in [3.63, 3.8) is 0 Å². The fourth-order valence-electron chi connectivity index (χ4n) is 3.86. The van der Waals surface area contributed by atoms with Crippen LogP contribution in [-0.2, 0) is 19.5 Å². The van der Waals surface area contributed by atoms with Gasteiger partial charge in [0.05, 0.1) is 5.56 Å². The Balaban J connectivity index is 1.58. The van der Waals surface area contributed by atoms with Crippen molar-refractivity contribution in [3.05, 3.63) is 142 Å². The van der Waals surface area contributed by atoms with Crippen LogP contribution in [0.5, 0.6) is 0 Å². The molecule has 0 radical (unpaired) electrons. The van der Waals surface area contributed by atoms with E-state index < -0.39 is 5.97 Å². The van der Waals surface area contributed by atoms with Crippen molar-refractivity contribution in [2.24, 2.45) is 0 Å². The molecule has 1 N–H and O–H groups in total. The van der Waals surface area contributed by atoms with Crippen molar-refractivity contribution >= 4 is 11.9 Å². The zero-order valence-corrected chi connectivity index (χ0v) is 18.5. The maximum Gasteiger partial charge on any atom is 0.335 e. The number of aromatic carboxylic acids is 1. The third-order valence-corrected chi connectivity index (χ3v) is 5.55. The molecule has 0 aliphatic heterocycles. The molecule has 0 fully saturated rings. The van der Waals surface area contributed by atoms with Gasteiger partial charge in [-0.3, -0.25) is 4.79 Å². The predicted octanol–water partition coefficient (Wildman–Crippen LogP) is 5.96. The molecule has 5 heteroatoms. The van der Waals surface area contributed by atoms with Crippen molar-refractivity contribution in [1.82, 2.24) is 4.90 Å². The average molecular weight is 454 g/mol. The molecule has 4 aromatic rings. The summed E-state index contributed by atoms with van der Waals surface area (Å²) in [5.74, 6) is -1.40. The first-order chi connectivity index (χ1) is 16.5. The Morgan fingerprint density at radius 2 is 1.24 bits per heavy atom. The summed E-state index contributed by atoms with van der Waals surface area (Å²) in [5.41, 5.74) is 4.34. The third-order valence-electron chi connectivity index (χ3n) is 5.55. The summed E-state index contributed by atoms with van der Waals surface area (Å²) in [4.78, 5) is 26.5. The van der Waals surface area contributed by atoms with Gasteiger partial charge in [-0.25, -0.2) is 9.18 Å². The van der Waals surface area contributed by atoms with E-state index in [1.54, 1.807) is 41.3 Å². The molecule has 0 aliphatic carbocycles. The van der Waals surface area contributed by atoms with Gasteiger partial charge in [0.25, 0.3) is 5.91 Å². The maximum atomic E-state index is 13.6. The first-order valence-corrected chi connectivity index (χ1v) is 11.0. The number of amides is 1.